The Balaban J connectivity index is 1.96. The maximum atomic E-state index is 11.7. The fourth-order valence-corrected chi connectivity index (χ4v) is 3.14. The molecule has 0 radical (unpaired) electrons. The minimum atomic E-state index is -0.247. The first-order valence-electron chi connectivity index (χ1n) is 7.37. The summed E-state index contributed by atoms with van der Waals surface area (Å²) in [5, 5.41) is 1.06. The average molecular weight is 271 g/mol. The van der Waals surface area contributed by atoms with Gasteiger partial charge in [-0.3, -0.25) is 4.90 Å². The van der Waals surface area contributed by atoms with Gasteiger partial charge < -0.3 is 4.42 Å². The Hall–Kier alpha value is -1.61. The van der Waals surface area contributed by atoms with Crippen molar-refractivity contribution < 1.29 is 4.42 Å². The molecule has 1 aromatic heterocycles. The highest BCUT2D eigenvalue weighted by molar-refractivity contribution is 5.80. The zero-order valence-corrected chi connectivity index (χ0v) is 12.2. The standard InChI is InChI=1S/C17H21NO2/c1-12-5-6-15-14(9-17(19)20-16(15)8-12)11-18-7-3-4-13(2)10-18/h5-6,8-9,13H,3-4,7,10-11H2,1-2H3. The first kappa shape index (κ1) is 13.4. The van der Waals surface area contributed by atoms with Crippen LogP contribution in [-0.4, -0.2) is 18.0 Å². The van der Waals surface area contributed by atoms with E-state index in [9.17, 15) is 4.79 Å². The summed E-state index contributed by atoms with van der Waals surface area (Å²) in [6, 6.07) is 7.73. The zero-order valence-electron chi connectivity index (χ0n) is 12.2. The monoisotopic (exact) mass is 271 g/mol. The fourth-order valence-electron chi connectivity index (χ4n) is 3.14. The van der Waals surface area contributed by atoms with E-state index in [0.717, 1.165) is 42.1 Å². The summed E-state index contributed by atoms with van der Waals surface area (Å²) < 4.78 is 5.32. The van der Waals surface area contributed by atoms with Crippen LogP contribution in [0.3, 0.4) is 0 Å². The smallest absolute Gasteiger partial charge is 0.336 e. The Bertz CT molecular complexity index is 674. The molecule has 1 aliphatic heterocycles. The third kappa shape index (κ3) is 2.78. The lowest BCUT2D eigenvalue weighted by Gasteiger charge is -2.30. The molecule has 0 spiro atoms. The molecule has 0 saturated carbocycles. The van der Waals surface area contributed by atoms with Gasteiger partial charge in [0.25, 0.3) is 0 Å². The molecule has 1 saturated heterocycles. The van der Waals surface area contributed by atoms with E-state index >= 15 is 0 Å². The van der Waals surface area contributed by atoms with Crippen LogP contribution in [0.2, 0.25) is 0 Å². The van der Waals surface area contributed by atoms with E-state index < -0.39 is 0 Å². The zero-order chi connectivity index (χ0) is 14.1. The average Bonchev–Trinajstić information content (AvgIpc) is 2.37. The highest BCUT2D eigenvalue weighted by Gasteiger charge is 2.17. The molecule has 0 aliphatic carbocycles. The molecule has 1 fully saturated rings. The molecule has 1 unspecified atom stereocenters. The third-order valence-electron chi connectivity index (χ3n) is 4.12. The van der Waals surface area contributed by atoms with Gasteiger partial charge in [-0.2, -0.15) is 0 Å². The lowest BCUT2D eigenvalue weighted by molar-refractivity contribution is 0.177. The van der Waals surface area contributed by atoms with Crippen molar-refractivity contribution in [1.29, 1.82) is 0 Å². The van der Waals surface area contributed by atoms with E-state index in [0.29, 0.717) is 5.58 Å². The van der Waals surface area contributed by atoms with E-state index in [1.165, 1.54) is 12.8 Å². The van der Waals surface area contributed by atoms with Gasteiger partial charge in [-0.25, -0.2) is 4.79 Å². The van der Waals surface area contributed by atoms with Gasteiger partial charge in [0.05, 0.1) is 0 Å². The molecule has 1 aromatic carbocycles. The summed E-state index contributed by atoms with van der Waals surface area (Å²) in [6.45, 7) is 7.40. The molecule has 3 nitrogen and oxygen atoms in total. The minimum absolute atomic E-state index is 0.247. The van der Waals surface area contributed by atoms with Crippen LogP contribution in [0.25, 0.3) is 11.0 Å². The number of benzene rings is 1. The van der Waals surface area contributed by atoms with Crippen LogP contribution in [0.5, 0.6) is 0 Å². The summed E-state index contributed by atoms with van der Waals surface area (Å²) in [7, 11) is 0. The van der Waals surface area contributed by atoms with Crippen LogP contribution in [0.4, 0.5) is 0 Å². The van der Waals surface area contributed by atoms with Crippen molar-refractivity contribution in [2.24, 2.45) is 5.92 Å². The largest absolute Gasteiger partial charge is 0.423 e. The maximum Gasteiger partial charge on any atom is 0.336 e. The predicted molar refractivity (Wildman–Crippen MR) is 80.9 cm³/mol. The summed E-state index contributed by atoms with van der Waals surface area (Å²) in [5.74, 6) is 0.748. The molecule has 20 heavy (non-hydrogen) atoms. The second-order valence-electron chi connectivity index (χ2n) is 6.07. The van der Waals surface area contributed by atoms with Gasteiger partial charge in [0.15, 0.2) is 0 Å². The molecular weight excluding hydrogens is 250 g/mol. The van der Waals surface area contributed by atoms with Gasteiger partial charge in [0, 0.05) is 24.5 Å². The number of aryl methyl sites for hydroxylation is 1. The maximum absolute atomic E-state index is 11.7. The van der Waals surface area contributed by atoms with Crippen LogP contribution >= 0.6 is 0 Å². The molecule has 1 atom stereocenters. The van der Waals surface area contributed by atoms with Crippen LogP contribution < -0.4 is 5.63 Å². The van der Waals surface area contributed by atoms with Crippen molar-refractivity contribution in [3.05, 3.63) is 45.8 Å². The third-order valence-corrected chi connectivity index (χ3v) is 4.12. The fraction of sp³-hybridized carbons (Fsp3) is 0.471. The van der Waals surface area contributed by atoms with E-state index in [1.807, 2.05) is 13.0 Å². The number of piperidine rings is 1. The molecule has 3 heteroatoms. The van der Waals surface area contributed by atoms with Gasteiger partial charge in [-0.05, 0) is 49.4 Å². The van der Waals surface area contributed by atoms with Crippen molar-refractivity contribution in [2.45, 2.75) is 33.2 Å². The lowest BCUT2D eigenvalue weighted by atomic mass is 9.99. The predicted octanol–water partition coefficient (Wildman–Crippen LogP) is 3.33. The molecule has 0 amide bonds. The molecular formula is C17H21NO2. The SMILES string of the molecule is Cc1ccc2c(CN3CCCC(C)C3)cc(=O)oc2c1. The van der Waals surface area contributed by atoms with Crippen molar-refractivity contribution in [2.75, 3.05) is 13.1 Å². The summed E-state index contributed by atoms with van der Waals surface area (Å²) >= 11 is 0. The first-order chi connectivity index (χ1) is 9.61. The number of likely N-dealkylation sites (tertiary alicyclic amines) is 1. The number of nitrogens with zero attached hydrogens (tertiary/aromatic N) is 1. The van der Waals surface area contributed by atoms with E-state index in [2.05, 4.69) is 24.0 Å². The minimum Gasteiger partial charge on any atom is -0.423 e. The summed E-state index contributed by atoms with van der Waals surface area (Å²) in [6.07, 6.45) is 2.56. The number of fused-ring (bicyclic) bond motifs is 1. The van der Waals surface area contributed by atoms with E-state index in [4.69, 9.17) is 4.42 Å². The number of hydrogen-bond acceptors (Lipinski definition) is 3. The molecule has 0 bridgehead atoms. The Morgan fingerprint density at radius 1 is 1.35 bits per heavy atom. The van der Waals surface area contributed by atoms with Gasteiger partial charge in [0.2, 0.25) is 0 Å². The molecule has 0 N–H and O–H groups in total. The second-order valence-corrected chi connectivity index (χ2v) is 6.07. The molecule has 2 aromatic rings. The number of hydrogen-bond donors (Lipinski definition) is 0. The lowest BCUT2D eigenvalue weighted by Crippen LogP contribution is -2.34. The Morgan fingerprint density at radius 2 is 2.20 bits per heavy atom. The van der Waals surface area contributed by atoms with E-state index in [1.54, 1.807) is 6.07 Å². The van der Waals surface area contributed by atoms with Crippen LogP contribution in [0.1, 0.15) is 30.9 Å². The van der Waals surface area contributed by atoms with Crippen molar-refractivity contribution in [3.8, 4) is 0 Å². The van der Waals surface area contributed by atoms with Gasteiger partial charge in [0.1, 0.15) is 5.58 Å². The second kappa shape index (κ2) is 5.41. The van der Waals surface area contributed by atoms with Crippen LogP contribution in [0.15, 0.2) is 33.5 Å². The molecule has 3 rings (SSSR count). The normalized spacial score (nSPS) is 20.4. The Kier molecular flexibility index (Phi) is 3.62. The Labute approximate surface area is 119 Å². The van der Waals surface area contributed by atoms with Crippen LogP contribution in [-0.2, 0) is 6.54 Å². The van der Waals surface area contributed by atoms with Gasteiger partial charge >= 0.3 is 5.63 Å². The first-order valence-corrected chi connectivity index (χ1v) is 7.37. The molecule has 106 valence electrons. The van der Waals surface area contributed by atoms with E-state index in [-0.39, 0.29) is 5.63 Å². The van der Waals surface area contributed by atoms with Gasteiger partial charge in [-0.15, -0.1) is 0 Å². The van der Waals surface area contributed by atoms with Gasteiger partial charge in [-0.1, -0.05) is 19.1 Å². The highest BCUT2D eigenvalue weighted by Crippen LogP contribution is 2.22. The summed E-state index contributed by atoms with van der Waals surface area (Å²) in [4.78, 5) is 14.2. The molecule has 2 heterocycles. The van der Waals surface area contributed by atoms with Crippen LogP contribution in [0, 0.1) is 12.8 Å². The summed E-state index contributed by atoms with van der Waals surface area (Å²) in [5.41, 5.74) is 2.66. The quantitative estimate of drug-likeness (QED) is 0.786. The molecule has 1 aliphatic rings. The topological polar surface area (TPSA) is 33.5 Å². The van der Waals surface area contributed by atoms with Crippen molar-refractivity contribution in [3.63, 3.8) is 0 Å². The number of rotatable bonds is 2. The van der Waals surface area contributed by atoms with Crippen molar-refractivity contribution in [1.82, 2.24) is 4.90 Å². The highest BCUT2D eigenvalue weighted by atomic mass is 16.4. The Morgan fingerprint density at radius 3 is 3.00 bits per heavy atom. The van der Waals surface area contributed by atoms with Crippen molar-refractivity contribution >= 4 is 11.0 Å².